The van der Waals surface area contributed by atoms with Gasteiger partial charge in [-0.05, 0) is 19.3 Å². The molecule has 0 atom stereocenters. The number of aryl methyl sites for hydroxylation is 2. The van der Waals surface area contributed by atoms with Gasteiger partial charge in [0.15, 0.2) is 0 Å². The molecular weight excluding hydrogens is 210 g/mol. The van der Waals surface area contributed by atoms with Gasteiger partial charge in [-0.25, -0.2) is 4.98 Å². The van der Waals surface area contributed by atoms with Crippen molar-refractivity contribution in [2.45, 2.75) is 58.9 Å². The summed E-state index contributed by atoms with van der Waals surface area (Å²) in [5, 5.41) is 0. The second-order valence-electron chi connectivity index (χ2n) is 4.36. The van der Waals surface area contributed by atoms with Gasteiger partial charge in [0.25, 0.3) is 0 Å². The third-order valence-corrected chi connectivity index (χ3v) is 2.90. The Hall–Kier alpha value is -1.43. The Bertz CT molecular complexity index is 385. The van der Waals surface area contributed by atoms with Crippen molar-refractivity contribution in [1.29, 1.82) is 0 Å². The van der Waals surface area contributed by atoms with Crippen LogP contribution in [0.25, 0.3) is 0 Å². The zero-order valence-electron chi connectivity index (χ0n) is 11.0. The number of terminal acetylenes is 1. The molecule has 1 rings (SSSR count). The molecule has 0 bridgehead atoms. The molecule has 0 amide bonds. The Morgan fingerprint density at radius 1 is 1.24 bits per heavy atom. The van der Waals surface area contributed by atoms with Gasteiger partial charge in [-0.1, -0.05) is 32.6 Å². The van der Waals surface area contributed by atoms with E-state index in [1.165, 1.54) is 12.8 Å². The number of hydrogen-bond acceptors (Lipinski definition) is 2. The zero-order valence-corrected chi connectivity index (χ0v) is 11.0. The topological polar surface area (TPSA) is 43.8 Å². The molecule has 1 aromatic heterocycles. The Kier molecular flexibility index (Phi) is 5.62. The standard InChI is InChI=1S/C14H23N3/c1-4-7-8-10-12-14(15)17(11-6-3)13(16-12)9-5-2/h3H,4-5,7-11,15H2,1-2H3. The minimum atomic E-state index is 0.530. The molecular formula is C14H23N3. The van der Waals surface area contributed by atoms with Crippen LogP contribution in [0.2, 0.25) is 0 Å². The van der Waals surface area contributed by atoms with Crippen LogP contribution in [0.4, 0.5) is 5.82 Å². The smallest absolute Gasteiger partial charge is 0.127 e. The van der Waals surface area contributed by atoms with Crippen molar-refractivity contribution in [1.82, 2.24) is 9.55 Å². The summed E-state index contributed by atoms with van der Waals surface area (Å²) in [6.45, 7) is 4.87. The van der Waals surface area contributed by atoms with E-state index < -0.39 is 0 Å². The summed E-state index contributed by atoms with van der Waals surface area (Å²) in [6, 6.07) is 0. The lowest BCUT2D eigenvalue weighted by Crippen LogP contribution is -2.06. The van der Waals surface area contributed by atoms with Crippen LogP contribution < -0.4 is 5.73 Å². The molecule has 0 unspecified atom stereocenters. The first-order valence-electron chi connectivity index (χ1n) is 6.51. The van der Waals surface area contributed by atoms with E-state index in [2.05, 4.69) is 24.8 Å². The van der Waals surface area contributed by atoms with Crippen molar-refractivity contribution in [2.24, 2.45) is 0 Å². The van der Waals surface area contributed by atoms with Crippen LogP contribution in [0.15, 0.2) is 0 Å². The first-order valence-corrected chi connectivity index (χ1v) is 6.51. The zero-order chi connectivity index (χ0) is 12.7. The molecule has 0 aliphatic carbocycles. The van der Waals surface area contributed by atoms with Crippen molar-refractivity contribution in [3.63, 3.8) is 0 Å². The van der Waals surface area contributed by atoms with Gasteiger partial charge in [0.1, 0.15) is 11.6 Å². The van der Waals surface area contributed by atoms with Crippen LogP contribution in [0.5, 0.6) is 0 Å². The number of nitrogens with two attached hydrogens (primary N) is 1. The van der Waals surface area contributed by atoms with E-state index in [4.69, 9.17) is 12.2 Å². The van der Waals surface area contributed by atoms with E-state index in [9.17, 15) is 0 Å². The van der Waals surface area contributed by atoms with Gasteiger partial charge < -0.3 is 10.3 Å². The van der Waals surface area contributed by atoms with Crippen LogP contribution in [0, 0.1) is 12.3 Å². The molecule has 2 N–H and O–H groups in total. The van der Waals surface area contributed by atoms with Gasteiger partial charge in [0, 0.05) is 6.42 Å². The number of nitrogens with zero attached hydrogens (tertiary/aromatic N) is 2. The van der Waals surface area contributed by atoms with E-state index >= 15 is 0 Å². The van der Waals surface area contributed by atoms with Crippen LogP contribution >= 0.6 is 0 Å². The Labute approximate surface area is 104 Å². The lowest BCUT2D eigenvalue weighted by molar-refractivity contribution is 0.707. The summed E-state index contributed by atoms with van der Waals surface area (Å²) in [7, 11) is 0. The summed E-state index contributed by atoms with van der Waals surface area (Å²) in [5.74, 6) is 4.45. The van der Waals surface area contributed by atoms with E-state index in [1.54, 1.807) is 0 Å². The monoisotopic (exact) mass is 233 g/mol. The Balaban J connectivity index is 2.84. The molecule has 0 saturated carbocycles. The minimum absolute atomic E-state index is 0.530. The Morgan fingerprint density at radius 2 is 2.00 bits per heavy atom. The molecule has 0 aliphatic heterocycles. The van der Waals surface area contributed by atoms with Crippen molar-refractivity contribution < 1.29 is 0 Å². The first kappa shape index (κ1) is 13.6. The predicted octanol–water partition coefficient (Wildman–Crippen LogP) is 2.78. The highest BCUT2D eigenvalue weighted by atomic mass is 15.1. The van der Waals surface area contributed by atoms with Gasteiger partial charge in [-0.15, -0.1) is 6.42 Å². The fourth-order valence-electron chi connectivity index (χ4n) is 1.98. The van der Waals surface area contributed by atoms with E-state index in [1.807, 2.05) is 4.57 Å². The maximum absolute atomic E-state index is 6.11. The summed E-state index contributed by atoms with van der Waals surface area (Å²) >= 11 is 0. The summed E-state index contributed by atoms with van der Waals surface area (Å²) in [6.07, 6.45) is 11.9. The average molecular weight is 233 g/mol. The van der Waals surface area contributed by atoms with Crippen molar-refractivity contribution in [2.75, 3.05) is 5.73 Å². The average Bonchev–Trinajstić information content (AvgIpc) is 2.59. The van der Waals surface area contributed by atoms with Crippen molar-refractivity contribution in [3.8, 4) is 12.3 Å². The molecule has 3 nitrogen and oxygen atoms in total. The van der Waals surface area contributed by atoms with Gasteiger partial charge in [0.05, 0.1) is 12.2 Å². The largest absolute Gasteiger partial charge is 0.384 e. The Morgan fingerprint density at radius 3 is 2.59 bits per heavy atom. The molecule has 0 fully saturated rings. The minimum Gasteiger partial charge on any atom is -0.384 e. The van der Waals surface area contributed by atoms with Gasteiger partial charge in [0.2, 0.25) is 0 Å². The van der Waals surface area contributed by atoms with E-state index in [0.29, 0.717) is 6.54 Å². The molecule has 1 aromatic rings. The van der Waals surface area contributed by atoms with Crippen LogP contribution in [0.1, 0.15) is 51.0 Å². The van der Waals surface area contributed by atoms with Crippen molar-refractivity contribution >= 4 is 5.82 Å². The molecule has 0 radical (unpaired) electrons. The molecule has 1 heterocycles. The second kappa shape index (κ2) is 7.01. The van der Waals surface area contributed by atoms with Crippen LogP contribution in [-0.4, -0.2) is 9.55 Å². The van der Waals surface area contributed by atoms with E-state index in [-0.39, 0.29) is 0 Å². The molecule has 0 spiro atoms. The lowest BCUT2D eigenvalue weighted by Gasteiger charge is -2.04. The number of unbranched alkanes of at least 4 members (excludes halogenated alkanes) is 2. The highest BCUT2D eigenvalue weighted by molar-refractivity contribution is 5.39. The normalized spacial score (nSPS) is 10.4. The van der Waals surface area contributed by atoms with E-state index in [0.717, 1.165) is 43.0 Å². The van der Waals surface area contributed by atoms with Crippen molar-refractivity contribution in [3.05, 3.63) is 11.5 Å². The number of nitrogen functional groups attached to an aromatic ring is 1. The molecule has 0 saturated heterocycles. The maximum Gasteiger partial charge on any atom is 0.127 e. The van der Waals surface area contributed by atoms with Crippen LogP contribution in [0.3, 0.4) is 0 Å². The third kappa shape index (κ3) is 3.52. The highest BCUT2D eigenvalue weighted by Crippen LogP contribution is 2.18. The summed E-state index contributed by atoms with van der Waals surface area (Å²) < 4.78 is 1.98. The molecule has 3 heteroatoms. The van der Waals surface area contributed by atoms with Gasteiger partial charge in [-0.2, -0.15) is 0 Å². The molecule has 94 valence electrons. The summed E-state index contributed by atoms with van der Waals surface area (Å²) in [4.78, 5) is 4.63. The quantitative estimate of drug-likeness (QED) is 0.581. The lowest BCUT2D eigenvalue weighted by atomic mass is 10.1. The molecule has 0 aliphatic rings. The number of rotatable bonds is 7. The number of imidazole rings is 1. The number of anilines is 1. The van der Waals surface area contributed by atoms with Gasteiger partial charge >= 0.3 is 0 Å². The number of hydrogen-bond donors (Lipinski definition) is 1. The second-order valence-corrected chi connectivity index (χ2v) is 4.36. The molecule has 0 aromatic carbocycles. The van der Waals surface area contributed by atoms with Gasteiger partial charge in [-0.3, -0.25) is 0 Å². The first-order chi connectivity index (χ1) is 8.24. The summed E-state index contributed by atoms with van der Waals surface area (Å²) in [5.41, 5.74) is 7.13. The maximum atomic E-state index is 6.11. The van der Waals surface area contributed by atoms with Crippen LogP contribution in [-0.2, 0) is 19.4 Å². The molecule has 17 heavy (non-hydrogen) atoms. The number of aromatic nitrogens is 2. The third-order valence-electron chi connectivity index (χ3n) is 2.90. The predicted molar refractivity (Wildman–Crippen MR) is 72.7 cm³/mol. The fourth-order valence-corrected chi connectivity index (χ4v) is 1.98. The fraction of sp³-hybridized carbons (Fsp3) is 0.643. The SMILES string of the molecule is C#CCn1c(CCC)nc(CCCCC)c1N. The highest BCUT2D eigenvalue weighted by Gasteiger charge is 2.12.